The van der Waals surface area contributed by atoms with Gasteiger partial charge >= 0.3 is 0 Å². The van der Waals surface area contributed by atoms with Crippen LogP contribution < -0.4 is 4.74 Å². The summed E-state index contributed by atoms with van der Waals surface area (Å²) in [5, 5.41) is 17.8. The highest BCUT2D eigenvalue weighted by atomic mass is 32.2. The van der Waals surface area contributed by atoms with E-state index in [1.807, 2.05) is 30.3 Å². The number of ether oxygens (including phenoxy) is 1. The summed E-state index contributed by atoms with van der Waals surface area (Å²) in [5.41, 5.74) is 0.861. The summed E-state index contributed by atoms with van der Waals surface area (Å²) >= 11 is 1.55. The highest BCUT2D eigenvalue weighted by Gasteiger charge is 2.30. The summed E-state index contributed by atoms with van der Waals surface area (Å²) in [5.74, 6) is 3.98. The Hall–Kier alpha value is -2.61. The smallest absolute Gasteiger partial charge is 0.247 e. The van der Waals surface area contributed by atoms with Gasteiger partial charge in [0.05, 0.1) is 12.9 Å². The van der Waals surface area contributed by atoms with Crippen LogP contribution in [0.25, 0.3) is 11.5 Å². The molecule has 1 aliphatic carbocycles. The fourth-order valence-corrected chi connectivity index (χ4v) is 3.43. The zero-order valence-electron chi connectivity index (χ0n) is 14.5. The Labute approximate surface area is 155 Å². The summed E-state index contributed by atoms with van der Waals surface area (Å²) in [7, 11) is 1.64. The number of rotatable bonds is 8. The van der Waals surface area contributed by atoms with Gasteiger partial charge in [0.1, 0.15) is 11.6 Å². The summed E-state index contributed by atoms with van der Waals surface area (Å²) in [6.45, 7) is 4.54. The van der Waals surface area contributed by atoms with Gasteiger partial charge in [-0.25, -0.2) is 0 Å². The molecule has 0 spiro atoms. The van der Waals surface area contributed by atoms with Crippen LogP contribution in [0.1, 0.15) is 30.5 Å². The zero-order valence-corrected chi connectivity index (χ0v) is 15.3. The Morgan fingerprint density at radius 3 is 2.73 bits per heavy atom. The predicted molar refractivity (Wildman–Crippen MR) is 98.0 cm³/mol. The van der Waals surface area contributed by atoms with Gasteiger partial charge in [-0.05, 0) is 37.1 Å². The number of hydrogen-bond acceptors (Lipinski definition) is 7. The van der Waals surface area contributed by atoms with Crippen molar-refractivity contribution in [3.8, 4) is 17.2 Å². The largest absolute Gasteiger partial charge is 0.497 e. The van der Waals surface area contributed by atoms with Gasteiger partial charge in [-0.2, -0.15) is 0 Å². The quantitative estimate of drug-likeness (QED) is 0.442. The van der Waals surface area contributed by atoms with Crippen molar-refractivity contribution in [2.75, 3.05) is 7.11 Å². The van der Waals surface area contributed by atoms with Gasteiger partial charge in [-0.1, -0.05) is 17.8 Å². The predicted octanol–water partition coefficient (Wildman–Crippen LogP) is 3.69. The molecule has 4 rings (SSSR count). The van der Waals surface area contributed by atoms with E-state index in [0.29, 0.717) is 30.0 Å². The SMILES string of the molecule is C=CCn1c(SCc2nnc(-c3ccc(OC)cc3)o2)nnc1C1CC1. The summed E-state index contributed by atoms with van der Waals surface area (Å²) in [6, 6.07) is 7.52. The highest BCUT2D eigenvalue weighted by Crippen LogP contribution is 2.40. The Bertz CT molecular complexity index is 899. The molecular formula is C18H19N5O2S. The van der Waals surface area contributed by atoms with Gasteiger partial charge in [-0.15, -0.1) is 27.0 Å². The van der Waals surface area contributed by atoms with Crippen molar-refractivity contribution >= 4 is 11.8 Å². The summed E-state index contributed by atoms with van der Waals surface area (Å²) < 4.78 is 13.1. The van der Waals surface area contributed by atoms with Gasteiger partial charge in [0, 0.05) is 18.0 Å². The minimum atomic E-state index is 0.495. The molecule has 1 aliphatic rings. The molecule has 1 fully saturated rings. The zero-order chi connectivity index (χ0) is 17.9. The lowest BCUT2D eigenvalue weighted by atomic mass is 10.2. The molecular weight excluding hydrogens is 350 g/mol. The molecule has 1 saturated carbocycles. The van der Waals surface area contributed by atoms with Crippen molar-refractivity contribution in [2.24, 2.45) is 0 Å². The molecule has 0 N–H and O–H groups in total. The van der Waals surface area contributed by atoms with Crippen LogP contribution in [0.3, 0.4) is 0 Å². The topological polar surface area (TPSA) is 78.9 Å². The first-order valence-electron chi connectivity index (χ1n) is 8.42. The molecule has 0 unspecified atom stereocenters. The van der Waals surface area contributed by atoms with Crippen LogP contribution in [-0.2, 0) is 12.3 Å². The number of benzene rings is 1. The second-order valence-electron chi connectivity index (χ2n) is 6.03. The van der Waals surface area contributed by atoms with Crippen LogP contribution in [0.4, 0.5) is 0 Å². The van der Waals surface area contributed by atoms with Crippen molar-refractivity contribution < 1.29 is 9.15 Å². The number of allylic oxidation sites excluding steroid dienone is 1. The van der Waals surface area contributed by atoms with E-state index < -0.39 is 0 Å². The normalized spacial score (nSPS) is 13.7. The average Bonchev–Trinajstić information content (AvgIpc) is 3.27. The maximum absolute atomic E-state index is 5.77. The minimum absolute atomic E-state index is 0.495. The monoisotopic (exact) mass is 369 g/mol. The van der Waals surface area contributed by atoms with E-state index in [2.05, 4.69) is 31.5 Å². The van der Waals surface area contributed by atoms with Gasteiger partial charge in [0.15, 0.2) is 5.16 Å². The molecule has 7 nitrogen and oxygen atoms in total. The number of methoxy groups -OCH3 is 1. The number of nitrogens with zero attached hydrogens (tertiary/aromatic N) is 5. The molecule has 0 saturated heterocycles. The highest BCUT2D eigenvalue weighted by molar-refractivity contribution is 7.98. The van der Waals surface area contributed by atoms with Crippen LogP contribution in [0.15, 0.2) is 46.5 Å². The molecule has 0 amide bonds. The molecule has 3 aromatic rings. The molecule has 0 radical (unpaired) electrons. The Morgan fingerprint density at radius 1 is 1.23 bits per heavy atom. The molecule has 1 aromatic carbocycles. The standard InChI is InChI=1S/C18H19N5O2S/c1-3-10-23-16(12-4-5-12)20-22-18(23)26-11-15-19-21-17(25-15)13-6-8-14(24-2)9-7-13/h3,6-9,12H,1,4-5,10-11H2,2H3. The first kappa shape index (κ1) is 16.8. The van der Waals surface area contributed by atoms with Gasteiger partial charge < -0.3 is 13.7 Å². The van der Waals surface area contributed by atoms with Gasteiger partial charge in [0.25, 0.3) is 0 Å². The molecule has 2 aromatic heterocycles. The van der Waals surface area contributed by atoms with E-state index in [9.17, 15) is 0 Å². The molecule has 8 heteroatoms. The van der Waals surface area contributed by atoms with E-state index in [4.69, 9.17) is 9.15 Å². The van der Waals surface area contributed by atoms with Gasteiger partial charge in [0.2, 0.25) is 11.8 Å². The Kier molecular flexibility index (Phi) is 4.75. The maximum atomic E-state index is 5.77. The van der Waals surface area contributed by atoms with Crippen LogP contribution in [0.2, 0.25) is 0 Å². The van der Waals surface area contributed by atoms with Crippen molar-refractivity contribution in [3.05, 3.63) is 48.6 Å². The summed E-state index contributed by atoms with van der Waals surface area (Å²) in [4.78, 5) is 0. The van der Waals surface area contributed by atoms with E-state index in [1.54, 1.807) is 18.9 Å². The maximum Gasteiger partial charge on any atom is 0.247 e. The lowest BCUT2D eigenvalue weighted by Crippen LogP contribution is -2.02. The summed E-state index contributed by atoms with van der Waals surface area (Å²) in [6.07, 6.45) is 4.25. The Morgan fingerprint density at radius 2 is 2.04 bits per heavy atom. The van der Waals surface area contributed by atoms with Crippen molar-refractivity contribution in [2.45, 2.75) is 36.2 Å². The van der Waals surface area contributed by atoms with E-state index in [1.165, 1.54) is 12.8 Å². The van der Waals surface area contributed by atoms with E-state index >= 15 is 0 Å². The Balaban J connectivity index is 1.45. The molecule has 2 heterocycles. The van der Waals surface area contributed by atoms with Crippen LogP contribution in [0.5, 0.6) is 5.75 Å². The average molecular weight is 369 g/mol. The van der Waals surface area contributed by atoms with Crippen LogP contribution in [-0.4, -0.2) is 32.1 Å². The lowest BCUT2D eigenvalue weighted by molar-refractivity contribution is 0.415. The van der Waals surface area contributed by atoms with Crippen molar-refractivity contribution in [3.63, 3.8) is 0 Å². The third kappa shape index (κ3) is 3.50. The molecule has 0 aliphatic heterocycles. The van der Waals surface area contributed by atoms with E-state index in [0.717, 1.165) is 22.3 Å². The second-order valence-corrected chi connectivity index (χ2v) is 6.97. The van der Waals surface area contributed by atoms with E-state index in [-0.39, 0.29) is 0 Å². The minimum Gasteiger partial charge on any atom is -0.497 e. The van der Waals surface area contributed by atoms with Crippen molar-refractivity contribution in [1.82, 2.24) is 25.0 Å². The lowest BCUT2D eigenvalue weighted by Gasteiger charge is -2.05. The number of hydrogen-bond donors (Lipinski definition) is 0. The fourth-order valence-electron chi connectivity index (χ4n) is 2.64. The van der Waals surface area contributed by atoms with Crippen LogP contribution in [0, 0.1) is 0 Å². The number of thioether (sulfide) groups is 1. The molecule has 0 bridgehead atoms. The van der Waals surface area contributed by atoms with Gasteiger partial charge in [-0.3, -0.25) is 0 Å². The first-order valence-corrected chi connectivity index (χ1v) is 9.40. The third-order valence-electron chi connectivity index (χ3n) is 4.13. The molecule has 134 valence electrons. The molecule has 0 atom stereocenters. The van der Waals surface area contributed by atoms with Crippen LogP contribution >= 0.6 is 11.8 Å². The number of aromatic nitrogens is 5. The third-order valence-corrected chi connectivity index (χ3v) is 5.08. The first-order chi connectivity index (χ1) is 12.8. The second kappa shape index (κ2) is 7.33. The van der Waals surface area contributed by atoms with Crippen molar-refractivity contribution in [1.29, 1.82) is 0 Å². The fraction of sp³-hybridized carbons (Fsp3) is 0.333. The molecule has 26 heavy (non-hydrogen) atoms.